The van der Waals surface area contributed by atoms with Crippen LogP contribution in [0.5, 0.6) is 0 Å². The van der Waals surface area contributed by atoms with Crippen molar-refractivity contribution in [3.63, 3.8) is 0 Å². The summed E-state index contributed by atoms with van der Waals surface area (Å²) in [6.07, 6.45) is 1.10. The second-order valence-electron chi connectivity index (χ2n) is 8.94. The van der Waals surface area contributed by atoms with Gasteiger partial charge in [0.1, 0.15) is 5.54 Å². The lowest BCUT2D eigenvalue weighted by Gasteiger charge is -2.33. The first-order valence-corrected chi connectivity index (χ1v) is 12.0. The van der Waals surface area contributed by atoms with Crippen molar-refractivity contribution in [1.82, 2.24) is 19.8 Å². The van der Waals surface area contributed by atoms with Crippen molar-refractivity contribution in [1.29, 1.82) is 5.26 Å². The molecule has 0 radical (unpaired) electrons. The van der Waals surface area contributed by atoms with E-state index in [0.29, 0.717) is 11.1 Å². The number of imidazole rings is 1. The smallest absolute Gasteiger partial charge is 0.354 e. The number of likely N-dealkylation sites (N-methyl/N-ethyl adjacent to an activating group) is 1. The third kappa shape index (κ3) is 3.77. The van der Waals surface area contributed by atoms with Crippen LogP contribution in [0.25, 0.3) is 0 Å². The maximum Gasteiger partial charge on any atom is 0.354 e. The number of nitrogens with zero attached hydrogens (tertiary/aromatic N) is 5. The predicted molar refractivity (Wildman–Crippen MR) is 137 cm³/mol. The molecule has 13 heteroatoms. The number of hydrogen-bond donors (Lipinski definition) is 2. The standard InChI is InChI=1S/C25H18Cl2N6O5.H2/c1-31-24(38)33(17-7-15(26)6-16(27)8-17)23(37)25(31)11-32(21(34)19-20(22(35)36)30-12-29-19)10-18(25)14-4-2-13(9-28)3-5-14;/h2-8,12,18H,10-11H2,1H3,(H,29,30)(H,35,36);1H/t18-,25+;/m0./s1. The summed E-state index contributed by atoms with van der Waals surface area (Å²) in [4.78, 5) is 62.6. The zero-order valence-corrected chi connectivity index (χ0v) is 21.2. The number of aromatic nitrogens is 2. The third-order valence-corrected chi connectivity index (χ3v) is 7.39. The highest BCUT2D eigenvalue weighted by Crippen LogP contribution is 2.47. The van der Waals surface area contributed by atoms with Gasteiger partial charge in [0, 0.05) is 31.0 Å². The molecule has 0 aliphatic carbocycles. The van der Waals surface area contributed by atoms with Crippen molar-refractivity contribution in [3.05, 3.63) is 81.4 Å². The Morgan fingerprint density at radius 2 is 1.84 bits per heavy atom. The molecule has 38 heavy (non-hydrogen) atoms. The monoisotopic (exact) mass is 554 g/mol. The summed E-state index contributed by atoms with van der Waals surface area (Å²) in [7, 11) is 1.47. The van der Waals surface area contributed by atoms with Crippen LogP contribution in [0.4, 0.5) is 10.5 Å². The molecular formula is C25H20Cl2N6O5. The van der Waals surface area contributed by atoms with E-state index in [2.05, 4.69) is 9.97 Å². The number of nitrogens with one attached hydrogen (secondary N) is 1. The number of aromatic carboxylic acids is 1. The van der Waals surface area contributed by atoms with Crippen LogP contribution in [-0.4, -0.2) is 74.4 Å². The van der Waals surface area contributed by atoms with E-state index in [1.807, 2.05) is 6.07 Å². The van der Waals surface area contributed by atoms with Gasteiger partial charge in [-0.25, -0.2) is 19.5 Å². The van der Waals surface area contributed by atoms with Gasteiger partial charge < -0.3 is 19.9 Å². The number of halogens is 2. The first-order valence-electron chi connectivity index (χ1n) is 11.2. The van der Waals surface area contributed by atoms with Crippen LogP contribution in [0, 0.1) is 11.3 Å². The second-order valence-corrected chi connectivity index (χ2v) is 9.81. The van der Waals surface area contributed by atoms with Crippen LogP contribution in [-0.2, 0) is 4.79 Å². The van der Waals surface area contributed by atoms with Crippen molar-refractivity contribution >= 4 is 52.7 Å². The van der Waals surface area contributed by atoms with Crippen LogP contribution in [0.2, 0.25) is 10.0 Å². The minimum Gasteiger partial charge on any atom is -0.477 e. The lowest BCUT2D eigenvalue weighted by atomic mass is 9.80. The number of rotatable bonds is 4. The molecule has 194 valence electrons. The normalized spacial score (nSPS) is 20.9. The number of hydrogen-bond acceptors (Lipinski definition) is 6. The first kappa shape index (κ1) is 25.3. The van der Waals surface area contributed by atoms with Crippen LogP contribution in [0.15, 0.2) is 48.8 Å². The Morgan fingerprint density at radius 1 is 1.18 bits per heavy atom. The molecule has 1 aromatic heterocycles. The Kier molecular flexibility index (Phi) is 6.09. The Balaban J connectivity index is 0.00000353. The van der Waals surface area contributed by atoms with E-state index in [0.717, 1.165) is 11.2 Å². The van der Waals surface area contributed by atoms with E-state index in [-0.39, 0.29) is 41.6 Å². The predicted octanol–water partition coefficient (Wildman–Crippen LogP) is 3.61. The zero-order chi connectivity index (χ0) is 27.4. The molecule has 2 aliphatic heterocycles. The number of likely N-dealkylation sites (tertiary alicyclic amines) is 1. The lowest BCUT2D eigenvalue weighted by Crippen LogP contribution is -2.54. The molecule has 2 fully saturated rings. The number of aromatic amines is 1. The number of carboxylic acids is 1. The number of carbonyl (C=O) groups excluding carboxylic acids is 3. The minimum atomic E-state index is -1.55. The summed E-state index contributed by atoms with van der Waals surface area (Å²) < 4.78 is 0. The highest BCUT2D eigenvalue weighted by atomic mass is 35.5. The number of H-pyrrole nitrogens is 1. The molecule has 0 bridgehead atoms. The summed E-state index contributed by atoms with van der Waals surface area (Å²) in [5.41, 5.74) is -1.07. The van der Waals surface area contributed by atoms with E-state index in [1.54, 1.807) is 24.3 Å². The van der Waals surface area contributed by atoms with Gasteiger partial charge in [-0.3, -0.25) is 9.59 Å². The number of nitriles is 1. The van der Waals surface area contributed by atoms with Gasteiger partial charge in [-0.05, 0) is 35.9 Å². The molecule has 0 unspecified atom stereocenters. The van der Waals surface area contributed by atoms with Crippen molar-refractivity contribution in [2.24, 2.45) is 0 Å². The van der Waals surface area contributed by atoms with Gasteiger partial charge in [-0.15, -0.1) is 0 Å². The number of amides is 4. The SMILES string of the molecule is CN1C(=O)N(c2cc(Cl)cc(Cl)c2)C(=O)[C@]12CN(C(=O)c1nc[nH]c1C(=O)O)C[C@H]2c1ccc(C#N)cc1.[HH]. The average molecular weight is 555 g/mol. The van der Waals surface area contributed by atoms with Crippen molar-refractivity contribution in [2.75, 3.05) is 25.0 Å². The van der Waals surface area contributed by atoms with Gasteiger partial charge in [-0.2, -0.15) is 5.26 Å². The first-order chi connectivity index (χ1) is 18.1. The molecule has 2 aromatic carbocycles. The molecule has 2 aliphatic rings. The molecule has 2 atom stereocenters. The molecule has 4 amide bonds. The van der Waals surface area contributed by atoms with Gasteiger partial charge in [0.2, 0.25) is 0 Å². The van der Waals surface area contributed by atoms with E-state index in [9.17, 15) is 29.5 Å². The van der Waals surface area contributed by atoms with Gasteiger partial charge in [0.15, 0.2) is 11.4 Å². The van der Waals surface area contributed by atoms with Crippen molar-refractivity contribution in [2.45, 2.75) is 11.5 Å². The Bertz CT molecular complexity index is 1530. The summed E-state index contributed by atoms with van der Waals surface area (Å²) in [6.45, 7) is -0.252. The summed E-state index contributed by atoms with van der Waals surface area (Å²) in [6, 6.07) is 12.2. The summed E-state index contributed by atoms with van der Waals surface area (Å²) in [5.74, 6) is -3.39. The lowest BCUT2D eigenvalue weighted by molar-refractivity contribution is -0.124. The van der Waals surface area contributed by atoms with E-state index in [4.69, 9.17) is 23.2 Å². The Labute approximate surface area is 227 Å². The fourth-order valence-electron chi connectivity index (χ4n) is 5.13. The largest absolute Gasteiger partial charge is 0.477 e. The molecule has 2 N–H and O–H groups in total. The molecular weight excluding hydrogens is 535 g/mol. The van der Waals surface area contributed by atoms with E-state index >= 15 is 0 Å². The number of urea groups is 1. The van der Waals surface area contributed by atoms with Crippen molar-refractivity contribution < 1.29 is 25.7 Å². The number of anilines is 1. The van der Waals surface area contributed by atoms with Gasteiger partial charge in [0.25, 0.3) is 11.8 Å². The number of imide groups is 1. The van der Waals surface area contributed by atoms with Crippen LogP contribution >= 0.6 is 23.2 Å². The number of benzene rings is 2. The summed E-state index contributed by atoms with van der Waals surface area (Å²) >= 11 is 12.3. The number of carboxylic acid groups (broad SMARTS) is 1. The zero-order valence-electron chi connectivity index (χ0n) is 19.7. The molecule has 5 rings (SSSR count). The van der Waals surface area contributed by atoms with Crippen LogP contribution in [0.3, 0.4) is 0 Å². The fraction of sp³-hybridized carbons (Fsp3) is 0.200. The maximum atomic E-state index is 14.2. The third-order valence-electron chi connectivity index (χ3n) is 6.95. The van der Waals surface area contributed by atoms with Gasteiger partial charge in [-0.1, -0.05) is 35.3 Å². The quantitative estimate of drug-likeness (QED) is 0.467. The topological polar surface area (TPSA) is 151 Å². The molecule has 3 heterocycles. The van der Waals surface area contributed by atoms with Gasteiger partial charge >= 0.3 is 12.0 Å². The van der Waals surface area contributed by atoms with Crippen LogP contribution < -0.4 is 4.90 Å². The molecule has 0 saturated carbocycles. The van der Waals surface area contributed by atoms with E-state index in [1.165, 1.54) is 35.0 Å². The van der Waals surface area contributed by atoms with Gasteiger partial charge in [0.05, 0.1) is 30.2 Å². The maximum absolute atomic E-state index is 14.2. The van der Waals surface area contributed by atoms with Crippen molar-refractivity contribution in [3.8, 4) is 6.07 Å². The molecule has 1 spiro atoms. The molecule has 3 aromatic rings. The average Bonchev–Trinajstić information content (AvgIpc) is 3.57. The minimum absolute atomic E-state index is 0. The molecule has 11 nitrogen and oxygen atoms in total. The Morgan fingerprint density at radius 3 is 2.45 bits per heavy atom. The highest BCUT2D eigenvalue weighted by Gasteiger charge is 2.65. The Hall–Kier alpha value is -4.40. The molecule has 2 saturated heterocycles. The fourth-order valence-corrected chi connectivity index (χ4v) is 5.64. The number of carbonyl (C=O) groups is 4. The summed E-state index contributed by atoms with van der Waals surface area (Å²) in [5, 5.41) is 19.1. The second kappa shape index (κ2) is 9.16. The van der Waals surface area contributed by atoms with Crippen LogP contribution in [0.1, 0.15) is 39.4 Å². The highest BCUT2D eigenvalue weighted by molar-refractivity contribution is 6.36. The van der Waals surface area contributed by atoms with E-state index < -0.39 is 35.3 Å².